The molecule has 14 atom stereocenters. The lowest BCUT2D eigenvalue weighted by Gasteiger charge is -2.72. The lowest BCUT2D eigenvalue weighted by molar-refractivity contribution is -0.328. The minimum atomic E-state index is -1.42. The van der Waals surface area contributed by atoms with Gasteiger partial charge in [-0.1, -0.05) is 27.7 Å². The summed E-state index contributed by atoms with van der Waals surface area (Å²) in [7, 11) is 0. The Kier molecular flexibility index (Phi) is 5.74. The van der Waals surface area contributed by atoms with Crippen molar-refractivity contribution >= 4 is 11.8 Å². The Labute approximate surface area is 239 Å². The molecule has 6 fully saturated rings. The van der Waals surface area contributed by atoms with E-state index in [1.54, 1.807) is 6.26 Å². The molecule has 6 aliphatic rings. The Bertz CT molecular complexity index is 1290. The molecule has 4 N–H and O–H groups in total. The van der Waals surface area contributed by atoms with Gasteiger partial charge in [0.15, 0.2) is 5.78 Å². The van der Waals surface area contributed by atoms with E-state index in [9.17, 15) is 30.0 Å². The number of fused-ring (bicyclic) bond motifs is 1. The van der Waals surface area contributed by atoms with Gasteiger partial charge in [-0.25, -0.2) is 0 Å². The Balaban J connectivity index is 1.35. The van der Waals surface area contributed by atoms with Crippen molar-refractivity contribution in [2.45, 2.75) is 102 Å². The summed E-state index contributed by atoms with van der Waals surface area (Å²) in [6, 6.07) is 1.90. The minimum Gasteiger partial charge on any atom is -0.469 e. The SMILES string of the molecule is CC(=O)O[C@@H]1C[C@H](O)[C@@]23COC[C@]1(C)[C@@H]2C[C@@H](O)[C@]1(C)[C@@H]3C(=O)[C@H](O)[C@@]2(C)[C@@H](c3coc(C(C)CO)c3)C[C@H]3O[C@@]312. The molecule has 2 aliphatic heterocycles. The van der Waals surface area contributed by atoms with Crippen LogP contribution in [0.3, 0.4) is 0 Å². The van der Waals surface area contributed by atoms with Gasteiger partial charge in [0.05, 0.1) is 44.4 Å². The third-order valence-electron chi connectivity index (χ3n) is 13.0. The number of Topliss-reactive ketones (excluding diaryl/α,β-unsaturated/α-hetero) is 1. The molecule has 4 saturated carbocycles. The van der Waals surface area contributed by atoms with Gasteiger partial charge in [-0.05, 0) is 30.4 Å². The van der Waals surface area contributed by atoms with Crippen LogP contribution in [0, 0.1) is 33.5 Å². The number of aliphatic hydroxyl groups excluding tert-OH is 4. The van der Waals surface area contributed by atoms with Crippen molar-refractivity contribution < 1.29 is 48.6 Å². The van der Waals surface area contributed by atoms with E-state index in [0.717, 1.165) is 5.56 Å². The molecule has 10 nitrogen and oxygen atoms in total. The molecule has 4 aliphatic carbocycles. The fourth-order valence-electron chi connectivity index (χ4n) is 11.1. The van der Waals surface area contributed by atoms with E-state index < -0.39 is 69.3 Å². The van der Waals surface area contributed by atoms with E-state index >= 15 is 0 Å². The molecule has 1 spiro atoms. The first-order valence-corrected chi connectivity index (χ1v) is 14.9. The first-order valence-electron chi connectivity index (χ1n) is 14.9. The molecule has 10 heteroatoms. The number of aliphatic hydroxyl groups is 4. The van der Waals surface area contributed by atoms with E-state index in [1.807, 2.05) is 33.8 Å². The normalized spacial score (nSPS) is 53.9. The molecule has 0 radical (unpaired) electrons. The molecule has 0 aromatic carbocycles. The fraction of sp³-hybridized carbons (Fsp3) is 0.806. The largest absolute Gasteiger partial charge is 0.469 e. The van der Waals surface area contributed by atoms with E-state index in [-0.39, 0.29) is 56.5 Å². The van der Waals surface area contributed by atoms with Gasteiger partial charge in [0, 0.05) is 52.8 Å². The highest BCUT2D eigenvalue weighted by Crippen LogP contribution is 2.82. The van der Waals surface area contributed by atoms with Crippen LogP contribution in [0.15, 0.2) is 16.7 Å². The van der Waals surface area contributed by atoms with Gasteiger partial charge < -0.3 is 39.1 Å². The average Bonchev–Trinajstić information content (AvgIpc) is 3.34. The highest BCUT2D eigenvalue weighted by molar-refractivity contribution is 5.91. The van der Waals surface area contributed by atoms with Crippen LogP contribution in [0.2, 0.25) is 0 Å². The second kappa shape index (κ2) is 8.42. The number of ketones is 1. The average molecular weight is 575 g/mol. The van der Waals surface area contributed by atoms with Gasteiger partial charge in [0.1, 0.15) is 23.6 Å². The number of hydrogen-bond acceptors (Lipinski definition) is 10. The summed E-state index contributed by atoms with van der Waals surface area (Å²) in [6.07, 6.45) is -1.74. The monoisotopic (exact) mass is 574 g/mol. The minimum absolute atomic E-state index is 0.0670. The molecule has 3 heterocycles. The van der Waals surface area contributed by atoms with Crippen molar-refractivity contribution in [2.24, 2.45) is 33.5 Å². The maximum atomic E-state index is 14.7. The Morgan fingerprint density at radius 3 is 2.51 bits per heavy atom. The van der Waals surface area contributed by atoms with E-state index in [0.29, 0.717) is 12.2 Å². The number of carbonyl (C=O) groups is 2. The zero-order valence-electron chi connectivity index (χ0n) is 24.3. The second-order valence-corrected chi connectivity index (χ2v) is 14.6. The molecular formula is C31H42O10. The summed E-state index contributed by atoms with van der Waals surface area (Å²) in [4.78, 5) is 26.7. The summed E-state index contributed by atoms with van der Waals surface area (Å²) in [5.74, 6) is -2.02. The van der Waals surface area contributed by atoms with Crippen LogP contribution in [-0.4, -0.2) is 88.1 Å². The van der Waals surface area contributed by atoms with Crippen LogP contribution < -0.4 is 0 Å². The predicted octanol–water partition coefficient (Wildman–Crippen LogP) is 1.67. The molecular weight excluding hydrogens is 532 g/mol. The molecule has 1 unspecified atom stereocenters. The van der Waals surface area contributed by atoms with Crippen molar-refractivity contribution in [1.82, 2.24) is 0 Å². The smallest absolute Gasteiger partial charge is 0.302 e. The van der Waals surface area contributed by atoms with Crippen LogP contribution in [0.4, 0.5) is 0 Å². The quantitative estimate of drug-likeness (QED) is 0.308. The fourth-order valence-corrected chi connectivity index (χ4v) is 11.1. The number of ether oxygens (including phenoxy) is 3. The summed E-state index contributed by atoms with van der Waals surface area (Å²) in [5, 5.41) is 45.8. The second-order valence-electron chi connectivity index (χ2n) is 14.6. The third kappa shape index (κ3) is 2.95. The summed E-state index contributed by atoms with van der Waals surface area (Å²) in [6.45, 7) is 9.27. The standard InChI is InChI=1S/C31H42O10/c1-14(10-32)18-6-16(11-39-18)17-7-23-31(41-23)28(17,4)26(37)24(36)25-29(31,5)20(34)8-19-27(3)12-38-13-30(19,25)21(35)9-22(27)40-15(2)33/h6,11,14,17,19-23,25-26,32,34-35,37H,7-10,12-13H2,1-5H3/t14?,17-,19+,20-,21+,22-,23-,25+,26+,27-,28-,29-,30-,31-/m1/s1. The van der Waals surface area contributed by atoms with Gasteiger partial charge in [0.2, 0.25) is 0 Å². The van der Waals surface area contributed by atoms with Crippen molar-refractivity contribution in [1.29, 1.82) is 0 Å². The molecule has 1 aromatic rings. The van der Waals surface area contributed by atoms with Crippen LogP contribution in [0.1, 0.15) is 77.0 Å². The highest BCUT2D eigenvalue weighted by Gasteiger charge is 2.91. The maximum Gasteiger partial charge on any atom is 0.302 e. The zero-order valence-corrected chi connectivity index (χ0v) is 24.3. The van der Waals surface area contributed by atoms with Gasteiger partial charge in [-0.3, -0.25) is 9.59 Å². The van der Waals surface area contributed by atoms with Gasteiger partial charge in [-0.2, -0.15) is 0 Å². The number of carbonyl (C=O) groups excluding carboxylic acids is 2. The number of esters is 1. The predicted molar refractivity (Wildman–Crippen MR) is 142 cm³/mol. The molecule has 7 rings (SSSR count). The number of rotatable bonds is 4. The van der Waals surface area contributed by atoms with Crippen molar-refractivity contribution in [3.05, 3.63) is 23.7 Å². The van der Waals surface area contributed by atoms with E-state index in [4.69, 9.17) is 18.6 Å². The van der Waals surface area contributed by atoms with Crippen LogP contribution in [0.25, 0.3) is 0 Å². The van der Waals surface area contributed by atoms with Crippen molar-refractivity contribution in [2.75, 3.05) is 19.8 Å². The zero-order chi connectivity index (χ0) is 29.5. The molecule has 2 bridgehead atoms. The Morgan fingerprint density at radius 2 is 1.83 bits per heavy atom. The van der Waals surface area contributed by atoms with Crippen LogP contribution >= 0.6 is 0 Å². The third-order valence-corrected chi connectivity index (χ3v) is 13.0. The van der Waals surface area contributed by atoms with Gasteiger partial charge in [-0.15, -0.1) is 0 Å². The van der Waals surface area contributed by atoms with Gasteiger partial charge >= 0.3 is 5.97 Å². The van der Waals surface area contributed by atoms with Crippen LogP contribution in [-0.2, 0) is 23.8 Å². The van der Waals surface area contributed by atoms with Gasteiger partial charge in [0.25, 0.3) is 0 Å². The first kappa shape index (κ1) is 28.0. The molecule has 0 amide bonds. The molecule has 226 valence electrons. The summed E-state index contributed by atoms with van der Waals surface area (Å²) < 4.78 is 24.2. The summed E-state index contributed by atoms with van der Waals surface area (Å²) >= 11 is 0. The van der Waals surface area contributed by atoms with Crippen LogP contribution in [0.5, 0.6) is 0 Å². The van der Waals surface area contributed by atoms with E-state index in [1.165, 1.54) is 6.92 Å². The maximum absolute atomic E-state index is 14.7. The lowest BCUT2D eigenvalue weighted by atomic mass is 9.33. The topological polar surface area (TPSA) is 159 Å². The molecule has 1 aromatic heterocycles. The Hall–Kier alpha value is -1.82. The Morgan fingerprint density at radius 1 is 1.10 bits per heavy atom. The van der Waals surface area contributed by atoms with Crippen molar-refractivity contribution in [3.8, 4) is 0 Å². The van der Waals surface area contributed by atoms with E-state index in [2.05, 4.69) is 0 Å². The number of epoxide rings is 1. The van der Waals surface area contributed by atoms with Crippen molar-refractivity contribution in [3.63, 3.8) is 0 Å². The number of furan rings is 1. The highest BCUT2D eigenvalue weighted by atomic mass is 16.6. The molecule has 41 heavy (non-hydrogen) atoms. The lowest BCUT2D eigenvalue weighted by Crippen LogP contribution is -2.81. The summed E-state index contributed by atoms with van der Waals surface area (Å²) in [5.41, 5.74) is -4.17. The number of hydrogen-bond donors (Lipinski definition) is 4. The first-order chi connectivity index (χ1) is 19.2. The molecule has 2 saturated heterocycles.